The average molecular weight is 360 g/mol. The van der Waals surface area contributed by atoms with E-state index >= 15 is 0 Å². The van der Waals surface area contributed by atoms with Crippen molar-refractivity contribution in [3.05, 3.63) is 50.9 Å². The molecule has 1 unspecified atom stereocenters. The zero-order valence-corrected chi connectivity index (χ0v) is 13.1. The van der Waals surface area contributed by atoms with Gasteiger partial charge in [0.05, 0.1) is 25.0 Å². The van der Waals surface area contributed by atoms with Crippen molar-refractivity contribution in [3.8, 4) is 0 Å². The van der Waals surface area contributed by atoms with Gasteiger partial charge in [-0.15, -0.1) is 11.3 Å². The molecule has 108 valence electrons. The number of rotatable bonds is 7. The van der Waals surface area contributed by atoms with Crippen molar-refractivity contribution in [3.63, 3.8) is 0 Å². The molecule has 0 spiro atoms. The van der Waals surface area contributed by atoms with Gasteiger partial charge in [0.1, 0.15) is 5.82 Å². The highest BCUT2D eigenvalue weighted by atomic mass is 79.9. The number of thiophene rings is 1. The predicted octanol–water partition coefficient (Wildman–Crippen LogP) is 3.64. The number of halogens is 2. The number of nitrogens with one attached hydrogen (secondary N) is 1. The molecule has 1 aromatic carbocycles. The molecule has 0 amide bonds. The maximum atomic E-state index is 13.1. The van der Waals surface area contributed by atoms with E-state index in [0.29, 0.717) is 18.8 Å². The summed E-state index contributed by atoms with van der Waals surface area (Å²) in [6.45, 7) is 1.03. The molecule has 0 saturated heterocycles. The first-order chi connectivity index (χ1) is 9.65. The number of hydrogen-bond donors (Lipinski definition) is 2. The Balaban J connectivity index is 1.71. The maximum Gasteiger partial charge on any atom is 0.125 e. The van der Waals surface area contributed by atoms with Crippen molar-refractivity contribution in [2.75, 3.05) is 18.5 Å². The quantitative estimate of drug-likeness (QED) is 0.792. The van der Waals surface area contributed by atoms with E-state index in [1.54, 1.807) is 17.4 Å². The van der Waals surface area contributed by atoms with Crippen LogP contribution in [0.1, 0.15) is 4.88 Å². The van der Waals surface area contributed by atoms with Crippen LogP contribution in [-0.4, -0.2) is 24.4 Å². The lowest BCUT2D eigenvalue weighted by atomic mass is 10.3. The SMILES string of the molecule is OC(CNc1cc(F)ccc1Br)COCc1cccs1. The van der Waals surface area contributed by atoms with Gasteiger partial charge in [-0.3, -0.25) is 0 Å². The monoisotopic (exact) mass is 359 g/mol. The van der Waals surface area contributed by atoms with Crippen LogP contribution in [0.2, 0.25) is 0 Å². The molecule has 0 aliphatic carbocycles. The number of hydrogen-bond acceptors (Lipinski definition) is 4. The molecule has 20 heavy (non-hydrogen) atoms. The van der Waals surface area contributed by atoms with Gasteiger partial charge in [0, 0.05) is 15.9 Å². The molecule has 2 aromatic rings. The summed E-state index contributed by atoms with van der Waals surface area (Å²) in [7, 11) is 0. The molecule has 0 bridgehead atoms. The first-order valence-electron chi connectivity index (χ1n) is 6.12. The molecule has 3 nitrogen and oxygen atoms in total. The standard InChI is InChI=1S/C14H15BrFNO2S/c15-13-4-3-10(16)6-14(13)17-7-11(18)8-19-9-12-2-1-5-20-12/h1-6,11,17-18H,7-9H2. The molecule has 1 heterocycles. The molecule has 0 radical (unpaired) electrons. The number of anilines is 1. The van der Waals surface area contributed by atoms with E-state index in [1.165, 1.54) is 12.1 Å². The third-order valence-electron chi connectivity index (χ3n) is 2.59. The minimum Gasteiger partial charge on any atom is -0.389 e. The highest BCUT2D eigenvalue weighted by Crippen LogP contribution is 2.22. The summed E-state index contributed by atoms with van der Waals surface area (Å²) >= 11 is 4.94. The molecule has 0 aliphatic heterocycles. The lowest BCUT2D eigenvalue weighted by molar-refractivity contribution is 0.0359. The molecule has 0 aliphatic rings. The highest BCUT2D eigenvalue weighted by molar-refractivity contribution is 9.10. The third kappa shape index (κ3) is 4.86. The van der Waals surface area contributed by atoms with Gasteiger partial charge in [0.15, 0.2) is 0 Å². The Hall–Kier alpha value is -0.950. The number of aliphatic hydroxyl groups excluding tert-OH is 1. The van der Waals surface area contributed by atoms with Crippen molar-refractivity contribution in [2.45, 2.75) is 12.7 Å². The Bertz CT molecular complexity index is 536. The van der Waals surface area contributed by atoms with Crippen molar-refractivity contribution >= 4 is 33.0 Å². The van der Waals surface area contributed by atoms with E-state index in [0.717, 1.165) is 9.35 Å². The van der Waals surface area contributed by atoms with Gasteiger partial charge in [0.2, 0.25) is 0 Å². The van der Waals surface area contributed by atoms with Crippen LogP contribution in [0.4, 0.5) is 10.1 Å². The minimum atomic E-state index is -0.648. The van der Waals surface area contributed by atoms with Gasteiger partial charge in [-0.25, -0.2) is 4.39 Å². The van der Waals surface area contributed by atoms with Gasteiger partial charge in [-0.2, -0.15) is 0 Å². The second-order valence-corrected chi connectivity index (χ2v) is 6.14. The fourth-order valence-corrected chi connectivity index (χ4v) is 2.64. The second-order valence-electron chi connectivity index (χ2n) is 4.25. The Morgan fingerprint density at radius 3 is 3.00 bits per heavy atom. The van der Waals surface area contributed by atoms with Gasteiger partial charge < -0.3 is 15.2 Å². The molecule has 6 heteroatoms. The summed E-state index contributed by atoms with van der Waals surface area (Å²) in [4.78, 5) is 1.12. The Morgan fingerprint density at radius 1 is 1.40 bits per heavy atom. The normalized spacial score (nSPS) is 12.3. The summed E-state index contributed by atoms with van der Waals surface area (Å²) < 4.78 is 19.3. The summed E-state index contributed by atoms with van der Waals surface area (Å²) in [5, 5.41) is 14.8. The van der Waals surface area contributed by atoms with Crippen LogP contribution in [0, 0.1) is 5.82 Å². The molecule has 1 aromatic heterocycles. The lowest BCUT2D eigenvalue weighted by Gasteiger charge is -2.14. The van der Waals surface area contributed by atoms with Crippen LogP contribution in [0.5, 0.6) is 0 Å². The first-order valence-corrected chi connectivity index (χ1v) is 7.79. The Labute approximate surface area is 129 Å². The van der Waals surface area contributed by atoms with Crippen molar-refractivity contribution < 1.29 is 14.2 Å². The third-order valence-corrected chi connectivity index (χ3v) is 4.13. The largest absolute Gasteiger partial charge is 0.389 e. The molecule has 2 rings (SSSR count). The topological polar surface area (TPSA) is 41.5 Å². The fraction of sp³-hybridized carbons (Fsp3) is 0.286. The van der Waals surface area contributed by atoms with E-state index < -0.39 is 6.10 Å². The summed E-state index contributed by atoms with van der Waals surface area (Å²) in [6.07, 6.45) is -0.648. The number of aliphatic hydroxyl groups is 1. The van der Waals surface area contributed by atoms with Gasteiger partial charge >= 0.3 is 0 Å². The molecular formula is C14H15BrFNO2S. The number of benzene rings is 1. The zero-order chi connectivity index (χ0) is 14.4. The van der Waals surface area contributed by atoms with E-state index in [-0.39, 0.29) is 12.4 Å². The molecular weight excluding hydrogens is 345 g/mol. The van der Waals surface area contributed by atoms with Crippen LogP contribution >= 0.6 is 27.3 Å². The van der Waals surface area contributed by atoms with Crippen LogP contribution in [0.15, 0.2) is 40.2 Å². The zero-order valence-electron chi connectivity index (χ0n) is 10.7. The van der Waals surface area contributed by atoms with Crippen LogP contribution in [0.25, 0.3) is 0 Å². The summed E-state index contributed by atoms with van der Waals surface area (Å²) in [5.74, 6) is -0.320. The van der Waals surface area contributed by atoms with Crippen LogP contribution in [0.3, 0.4) is 0 Å². The lowest BCUT2D eigenvalue weighted by Crippen LogP contribution is -2.24. The van der Waals surface area contributed by atoms with E-state index in [1.807, 2.05) is 17.5 Å². The van der Waals surface area contributed by atoms with Crippen molar-refractivity contribution in [2.24, 2.45) is 0 Å². The smallest absolute Gasteiger partial charge is 0.125 e. The summed E-state index contributed by atoms with van der Waals surface area (Å²) in [5.41, 5.74) is 0.613. The highest BCUT2D eigenvalue weighted by Gasteiger charge is 2.07. The van der Waals surface area contributed by atoms with Crippen LogP contribution in [-0.2, 0) is 11.3 Å². The molecule has 0 fully saturated rings. The van der Waals surface area contributed by atoms with Gasteiger partial charge in [0.25, 0.3) is 0 Å². The molecule has 2 N–H and O–H groups in total. The van der Waals surface area contributed by atoms with Crippen molar-refractivity contribution in [1.82, 2.24) is 0 Å². The number of ether oxygens (including phenoxy) is 1. The predicted molar refractivity (Wildman–Crippen MR) is 82.6 cm³/mol. The average Bonchev–Trinajstić information content (AvgIpc) is 2.93. The van der Waals surface area contributed by atoms with Crippen LogP contribution < -0.4 is 5.32 Å². The Kier molecular flexibility index (Phi) is 5.97. The summed E-state index contributed by atoms with van der Waals surface area (Å²) in [6, 6.07) is 8.32. The maximum absolute atomic E-state index is 13.1. The van der Waals surface area contributed by atoms with E-state index in [2.05, 4.69) is 21.2 Å². The van der Waals surface area contributed by atoms with Gasteiger partial charge in [-0.1, -0.05) is 6.07 Å². The minimum absolute atomic E-state index is 0.234. The second kappa shape index (κ2) is 7.73. The first kappa shape index (κ1) is 15.4. The van der Waals surface area contributed by atoms with E-state index in [9.17, 15) is 9.50 Å². The van der Waals surface area contributed by atoms with Gasteiger partial charge in [-0.05, 0) is 45.6 Å². The van der Waals surface area contributed by atoms with Crippen molar-refractivity contribution in [1.29, 1.82) is 0 Å². The molecule has 0 saturated carbocycles. The Morgan fingerprint density at radius 2 is 2.25 bits per heavy atom. The molecule has 1 atom stereocenters. The van der Waals surface area contributed by atoms with E-state index in [4.69, 9.17) is 4.74 Å². The fourth-order valence-electron chi connectivity index (χ4n) is 1.61.